The second kappa shape index (κ2) is 6.73. The number of carbonyl (C=O) groups is 2. The van der Waals surface area contributed by atoms with Gasteiger partial charge in [0.05, 0.1) is 18.1 Å². The number of carboxylic acid groups (broad SMARTS) is 1. The van der Waals surface area contributed by atoms with Crippen LogP contribution in [-0.2, 0) is 14.3 Å². The highest BCUT2D eigenvalue weighted by Crippen LogP contribution is 2.29. The molecule has 0 spiro atoms. The molecule has 2 N–H and O–H groups in total. The number of carbonyl (C=O) groups excluding carboxylic acids is 1. The van der Waals surface area contributed by atoms with Crippen molar-refractivity contribution in [1.29, 1.82) is 0 Å². The average molecular weight is 257 g/mol. The monoisotopic (exact) mass is 257 g/mol. The molecule has 2 atom stereocenters. The largest absolute Gasteiger partial charge is 0.481 e. The smallest absolute Gasteiger partial charge is 0.306 e. The van der Waals surface area contributed by atoms with Crippen molar-refractivity contribution in [3.63, 3.8) is 0 Å². The van der Waals surface area contributed by atoms with E-state index < -0.39 is 5.97 Å². The molecule has 0 aromatic heterocycles. The Morgan fingerprint density at radius 3 is 2.11 bits per heavy atom. The first-order chi connectivity index (χ1) is 8.45. The first-order valence-electron chi connectivity index (χ1n) is 6.51. The number of amides is 1. The molecule has 1 fully saturated rings. The lowest BCUT2D eigenvalue weighted by Crippen LogP contribution is -2.44. The molecule has 0 aromatic rings. The summed E-state index contributed by atoms with van der Waals surface area (Å²) in [6, 6.07) is -0.0281. The molecule has 1 aliphatic carbocycles. The van der Waals surface area contributed by atoms with Crippen LogP contribution in [0.3, 0.4) is 0 Å². The Balaban J connectivity index is 2.38. The number of nitrogens with one attached hydrogen (secondary N) is 1. The Hall–Kier alpha value is -1.10. The first-order valence-corrected chi connectivity index (χ1v) is 6.51. The molecule has 1 unspecified atom stereocenters. The van der Waals surface area contributed by atoms with Gasteiger partial charge in [-0.1, -0.05) is 0 Å². The Kier molecular flexibility index (Phi) is 5.59. The van der Waals surface area contributed by atoms with Crippen LogP contribution < -0.4 is 5.32 Å². The SMILES string of the molecule is COC(C)[C@H](C)NC(=O)C1CCC(C(=O)O)CC1. The molecule has 1 rings (SSSR count). The molecule has 104 valence electrons. The third-order valence-electron chi connectivity index (χ3n) is 3.89. The zero-order valence-electron chi connectivity index (χ0n) is 11.3. The molecule has 18 heavy (non-hydrogen) atoms. The maximum Gasteiger partial charge on any atom is 0.306 e. The first kappa shape index (κ1) is 15.0. The summed E-state index contributed by atoms with van der Waals surface area (Å²) in [5.41, 5.74) is 0. The molecule has 5 heteroatoms. The van der Waals surface area contributed by atoms with Crippen molar-refractivity contribution in [2.45, 2.75) is 51.7 Å². The van der Waals surface area contributed by atoms with Gasteiger partial charge in [0.1, 0.15) is 0 Å². The van der Waals surface area contributed by atoms with Crippen molar-refractivity contribution >= 4 is 11.9 Å². The molecule has 0 aromatic carbocycles. The summed E-state index contributed by atoms with van der Waals surface area (Å²) in [5.74, 6) is -1.04. The number of aliphatic carboxylic acids is 1. The van der Waals surface area contributed by atoms with E-state index in [1.165, 1.54) is 0 Å². The topological polar surface area (TPSA) is 75.6 Å². The number of carboxylic acids is 1. The summed E-state index contributed by atoms with van der Waals surface area (Å²) in [4.78, 5) is 22.8. The lowest BCUT2D eigenvalue weighted by Gasteiger charge is -2.27. The zero-order valence-corrected chi connectivity index (χ0v) is 11.3. The number of hydrogen-bond donors (Lipinski definition) is 2. The third-order valence-corrected chi connectivity index (χ3v) is 3.89. The molecular formula is C13H23NO4. The van der Waals surface area contributed by atoms with Gasteiger partial charge >= 0.3 is 5.97 Å². The normalized spacial score (nSPS) is 27.3. The van der Waals surface area contributed by atoms with Crippen LogP contribution in [0, 0.1) is 11.8 Å². The van der Waals surface area contributed by atoms with Crippen LogP contribution in [0.1, 0.15) is 39.5 Å². The van der Waals surface area contributed by atoms with Crippen molar-refractivity contribution in [2.24, 2.45) is 11.8 Å². The predicted octanol–water partition coefficient (Wildman–Crippen LogP) is 1.42. The number of hydrogen-bond acceptors (Lipinski definition) is 3. The van der Waals surface area contributed by atoms with Crippen LogP contribution in [0.2, 0.25) is 0 Å². The zero-order chi connectivity index (χ0) is 13.7. The molecule has 1 aliphatic rings. The van der Waals surface area contributed by atoms with Gasteiger partial charge in [-0.25, -0.2) is 0 Å². The summed E-state index contributed by atoms with van der Waals surface area (Å²) < 4.78 is 5.16. The van der Waals surface area contributed by atoms with Crippen LogP contribution in [0.25, 0.3) is 0 Å². The van der Waals surface area contributed by atoms with Gasteiger partial charge in [-0.2, -0.15) is 0 Å². The Labute approximate surface area is 108 Å². The van der Waals surface area contributed by atoms with Gasteiger partial charge in [0.25, 0.3) is 0 Å². The molecule has 1 saturated carbocycles. The van der Waals surface area contributed by atoms with Gasteiger partial charge in [-0.3, -0.25) is 9.59 Å². The van der Waals surface area contributed by atoms with Crippen molar-refractivity contribution in [3.8, 4) is 0 Å². The van der Waals surface area contributed by atoms with E-state index in [-0.39, 0.29) is 29.9 Å². The fourth-order valence-electron chi connectivity index (χ4n) is 2.27. The minimum Gasteiger partial charge on any atom is -0.481 e. The predicted molar refractivity (Wildman–Crippen MR) is 67.2 cm³/mol. The molecule has 0 bridgehead atoms. The van der Waals surface area contributed by atoms with Gasteiger partial charge in [0.15, 0.2) is 0 Å². The molecule has 0 aliphatic heterocycles. The van der Waals surface area contributed by atoms with E-state index in [1.807, 2.05) is 13.8 Å². The van der Waals surface area contributed by atoms with E-state index in [0.29, 0.717) is 25.7 Å². The van der Waals surface area contributed by atoms with Gasteiger partial charge in [-0.15, -0.1) is 0 Å². The van der Waals surface area contributed by atoms with Crippen molar-refractivity contribution in [1.82, 2.24) is 5.32 Å². The minimum atomic E-state index is -0.741. The Bertz CT molecular complexity index is 297. The molecular weight excluding hydrogens is 234 g/mol. The molecule has 0 saturated heterocycles. The summed E-state index contributed by atoms with van der Waals surface area (Å²) in [7, 11) is 1.62. The second-order valence-corrected chi connectivity index (χ2v) is 5.12. The summed E-state index contributed by atoms with van der Waals surface area (Å²) in [6.45, 7) is 3.82. The number of rotatable bonds is 5. The quantitative estimate of drug-likeness (QED) is 0.781. The van der Waals surface area contributed by atoms with E-state index in [9.17, 15) is 9.59 Å². The lowest BCUT2D eigenvalue weighted by molar-refractivity contribution is -0.144. The van der Waals surface area contributed by atoms with Crippen LogP contribution in [0.5, 0.6) is 0 Å². The molecule has 0 heterocycles. The highest BCUT2D eigenvalue weighted by Gasteiger charge is 2.30. The number of methoxy groups -OCH3 is 1. The molecule has 1 amide bonds. The van der Waals surface area contributed by atoms with E-state index in [1.54, 1.807) is 7.11 Å². The third kappa shape index (κ3) is 3.98. The molecule has 5 nitrogen and oxygen atoms in total. The van der Waals surface area contributed by atoms with E-state index in [2.05, 4.69) is 5.32 Å². The van der Waals surface area contributed by atoms with Crippen LogP contribution in [-0.4, -0.2) is 36.2 Å². The Morgan fingerprint density at radius 2 is 1.67 bits per heavy atom. The maximum absolute atomic E-state index is 12.0. The minimum absolute atomic E-state index is 0.0234. The van der Waals surface area contributed by atoms with E-state index in [4.69, 9.17) is 9.84 Å². The molecule has 0 radical (unpaired) electrons. The van der Waals surface area contributed by atoms with Crippen molar-refractivity contribution in [2.75, 3.05) is 7.11 Å². The van der Waals surface area contributed by atoms with Gasteiger partial charge in [0, 0.05) is 13.0 Å². The van der Waals surface area contributed by atoms with Gasteiger partial charge in [0.2, 0.25) is 5.91 Å². The van der Waals surface area contributed by atoms with Crippen molar-refractivity contribution in [3.05, 3.63) is 0 Å². The highest BCUT2D eigenvalue weighted by atomic mass is 16.5. The Morgan fingerprint density at radius 1 is 1.17 bits per heavy atom. The van der Waals surface area contributed by atoms with Crippen molar-refractivity contribution < 1.29 is 19.4 Å². The fourth-order valence-corrected chi connectivity index (χ4v) is 2.27. The highest BCUT2D eigenvalue weighted by molar-refractivity contribution is 5.79. The van der Waals surface area contributed by atoms with Crippen LogP contribution in [0.15, 0.2) is 0 Å². The summed E-state index contributed by atoms with van der Waals surface area (Å²) in [6.07, 6.45) is 2.50. The van der Waals surface area contributed by atoms with E-state index >= 15 is 0 Å². The fraction of sp³-hybridized carbons (Fsp3) is 0.846. The van der Waals surface area contributed by atoms with E-state index in [0.717, 1.165) is 0 Å². The van der Waals surface area contributed by atoms with Gasteiger partial charge < -0.3 is 15.2 Å². The second-order valence-electron chi connectivity index (χ2n) is 5.12. The van der Waals surface area contributed by atoms with Crippen LogP contribution in [0.4, 0.5) is 0 Å². The average Bonchev–Trinajstić information content (AvgIpc) is 2.37. The maximum atomic E-state index is 12.0. The number of ether oxygens (including phenoxy) is 1. The van der Waals surface area contributed by atoms with Gasteiger partial charge in [-0.05, 0) is 39.5 Å². The summed E-state index contributed by atoms with van der Waals surface area (Å²) in [5, 5.41) is 11.8. The van der Waals surface area contributed by atoms with Crippen LogP contribution >= 0.6 is 0 Å². The standard InChI is InChI=1S/C13H23NO4/c1-8(9(2)18-3)14-12(15)10-4-6-11(7-5-10)13(16)17/h8-11H,4-7H2,1-3H3,(H,14,15)(H,16,17)/t8-,9?,10?,11?/m0/s1. The lowest BCUT2D eigenvalue weighted by atomic mass is 9.81. The summed E-state index contributed by atoms with van der Waals surface area (Å²) >= 11 is 0.